The number of urea groups is 1. The normalized spacial score (nSPS) is 17.1. The molecule has 7 heteroatoms. The van der Waals surface area contributed by atoms with Crippen LogP contribution in [0.15, 0.2) is 0 Å². The summed E-state index contributed by atoms with van der Waals surface area (Å²) in [5.41, 5.74) is 0. The van der Waals surface area contributed by atoms with E-state index in [0.717, 1.165) is 12.8 Å². The highest BCUT2D eigenvalue weighted by Gasteiger charge is 2.35. The Labute approximate surface area is 130 Å². The number of carbonyl (C=O) groups is 2. The predicted octanol–water partition coefficient (Wildman–Crippen LogP) is 1.65. The van der Waals surface area contributed by atoms with Crippen LogP contribution in [0.3, 0.4) is 0 Å². The van der Waals surface area contributed by atoms with E-state index in [9.17, 15) is 14.7 Å². The van der Waals surface area contributed by atoms with Gasteiger partial charge in [-0.25, -0.2) is 9.59 Å². The van der Waals surface area contributed by atoms with Gasteiger partial charge in [-0.2, -0.15) is 11.8 Å². The van der Waals surface area contributed by atoms with Gasteiger partial charge < -0.3 is 20.1 Å². The van der Waals surface area contributed by atoms with E-state index in [1.54, 1.807) is 23.8 Å². The Balaban J connectivity index is 2.61. The van der Waals surface area contributed by atoms with Crippen molar-refractivity contribution in [1.82, 2.24) is 10.2 Å². The molecule has 0 bridgehead atoms. The second-order valence-corrected chi connectivity index (χ2v) is 6.37. The van der Waals surface area contributed by atoms with Crippen LogP contribution in [-0.4, -0.2) is 66.4 Å². The van der Waals surface area contributed by atoms with E-state index in [1.807, 2.05) is 13.2 Å². The monoisotopic (exact) mass is 318 g/mol. The third-order valence-electron chi connectivity index (χ3n) is 3.80. The highest BCUT2D eigenvalue weighted by Crippen LogP contribution is 2.35. The van der Waals surface area contributed by atoms with Crippen LogP contribution in [0.1, 0.15) is 26.2 Å². The Morgan fingerprint density at radius 2 is 2.14 bits per heavy atom. The van der Waals surface area contributed by atoms with Gasteiger partial charge in [0.15, 0.2) is 0 Å². The summed E-state index contributed by atoms with van der Waals surface area (Å²) in [6.07, 6.45) is 4.61. The second kappa shape index (κ2) is 9.15. The van der Waals surface area contributed by atoms with E-state index in [2.05, 4.69) is 5.32 Å². The number of amides is 2. The fourth-order valence-corrected chi connectivity index (χ4v) is 2.71. The number of nitrogens with one attached hydrogen (secondary N) is 1. The fraction of sp³-hybridized carbons (Fsp3) is 0.857. The summed E-state index contributed by atoms with van der Waals surface area (Å²) in [5, 5.41) is 11.8. The number of methoxy groups -OCH3 is 1. The number of carbonyl (C=O) groups excluding carboxylic acids is 1. The van der Waals surface area contributed by atoms with E-state index in [-0.39, 0.29) is 12.1 Å². The van der Waals surface area contributed by atoms with Gasteiger partial charge in [0.05, 0.1) is 6.61 Å². The van der Waals surface area contributed by atoms with Crippen LogP contribution < -0.4 is 5.32 Å². The lowest BCUT2D eigenvalue weighted by molar-refractivity contribution is -0.139. The molecule has 1 aliphatic carbocycles. The lowest BCUT2D eigenvalue weighted by Crippen LogP contribution is -2.52. The Hall–Kier alpha value is -0.950. The molecule has 2 N–H and O–H groups in total. The Morgan fingerprint density at radius 1 is 1.48 bits per heavy atom. The Kier molecular flexibility index (Phi) is 7.88. The maximum atomic E-state index is 12.4. The van der Waals surface area contributed by atoms with Gasteiger partial charge in [-0.15, -0.1) is 0 Å². The first kappa shape index (κ1) is 18.1. The first-order chi connectivity index (χ1) is 10.0. The topological polar surface area (TPSA) is 78.9 Å². The molecule has 6 nitrogen and oxygen atoms in total. The Bertz CT molecular complexity index is 350. The van der Waals surface area contributed by atoms with Crippen molar-refractivity contribution in [3.05, 3.63) is 0 Å². The van der Waals surface area contributed by atoms with Crippen LogP contribution >= 0.6 is 11.8 Å². The fourth-order valence-electron chi connectivity index (χ4n) is 2.24. The minimum Gasteiger partial charge on any atom is -0.480 e. The van der Waals surface area contributed by atoms with Gasteiger partial charge in [0.1, 0.15) is 6.04 Å². The number of hydrogen-bond donors (Lipinski definition) is 2. The average Bonchev–Trinajstić information content (AvgIpc) is 3.27. The average molecular weight is 318 g/mol. The third kappa shape index (κ3) is 6.13. The van der Waals surface area contributed by atoms with E-state index >= 15 is 0 Å². The Morgan fingerprint density at radius 3 is 2.62 bits per heavy atom. The summed E-state index contributed by atoms with van der Waals surface area (Å²) in [4.78, 5) is 25.3. The molecule has 1 saturated carbocycles. The quantitative estimate of drug-likeness (QED) is 0.640. The molecule has 0 saturated heterocycles. The number of carboxylic acid groups (broad SMARTS) is 1. The maximum Gasteiger partial charge on any atom is 0.326 e. The summed E-state index contributed by atoms with van der Waals surface area (Å²) in [7, 11) is 1.59. The van der Waals surface area contributed by atoms with Crippen molar-refractivity contribution in [3.63, 3.8) is 0 Å². The van der Waals surface area contributed by atoms with Crippen LogP contribution in [-0.2, 0) is 9.53 Å². The SMILES string of the molecule is COCCN(C(=O)NC(CCSC)C(=O)O)C(C)C1CC1. The van der Waals surface area contributed by atoms with Crippen molar-refractivity contribution in [1.29, 1.82) is 0 Å². The molecule has 0 radical (unpaired) electrons. The second-order valence-electron chi connectivity index (χ2n) is 5.39. The highest BCUT2D eigenvalue weighted by molar-refractivity contribution is 7.98. The van der Waals surface area contributed by atoms with Gasteiger partial charge in [-0.3, -0.25) is 0 Å². The van der Waals surface area contributed by atoms with E-state index < -0.39 is 12.0 Å². The summed E-state index contributed by atoms with van der Waals surface area (Å²) < 4.78 is 5.05. The molecule has 0 spiro atoms. The van der Waals surface area contributed by atoms with Crippen LogP contribution in [0.4, 0.5) is 4.79 Å². The molecular weight excluding hydrogens is 292 g/mol. The first-order valence-electron chi connectivity index (χ1n) is 7.29. The summed E-state index contributed by atoms with van der Waals surface area (Å²) in [5.74, 6) is 0.248. The van der Waals surface area contributed by atoms with Gasteiger partial charge >= 0.3 is 12.0 Å². The number of ether oxygens (including phenoxy) is 1. The number of aliphatic carboxylic acids is 1. The first-order valence-corrected chi connectivity index (χ1v) is 8.68. The zero-order chi connectivity index (χ0) is 15.8. The molecule has 2 atom stereocenters. The van der Waals surface area contributed by atoms with Crippen molar-refractivity contribution >= 4 is 23.8 Å². The van der Waals surface area contributed by atoms with E-state index in [1.165, 1.54) is 0 Å². The van der Waals surface area contributed by atoms with Gasteiger partial charge in [-0.05, 0) is 44.1 Å². The van der Waals surface area contributed by atoms with Crippen molar-refractivity contribution in [2.75, 3.05) is 32.3 Å². The van der Waals surface area contributed by atoms with E-state index in [4.69, 9.17) is 4.74 Å². The molecule has 0 heterocycles. The van der Waals surface area contributed by atoms with E-state index in [0.29, 0.717) is 31.2 Å². The van der Waals surface area contributed by atoms with Crippen molar-refractivity contribution in [3.8, 4) is 0 Å². The summed E-state index contributed by atoms with van der Waals surface area (Å²) in [6, 6.07) is -1.02. The predicted molar refractivity (Wildman–Crippen MR) is 83.7 cm³/mol. The zero-order valence-electron chi connectivity index (χ0n) is 13.0. The lowest BCUT2D eigenvalue weighted by atomic mass is 10.2. The van der Waals surface area contributed by atoms with Crippen molar-refractivity contribution in [2.45, 2.75) is 38.3 Å². The standard InChI is InChI=1S/C14H26N2O4S/c1-10(11-4-5-11)16(7-8-20-2)14(19)15-12(13(17)18)6-9-21-3/h10-12H,4-9H2,1-3H3,(H,15,19)(H,17,18). The zero-order valence-corrected chi connectivity index (χ0v) is 13.8. The molecule has 1 fully saturated rings. The molecule has 2 amide bonds. The molecule has 0 aromatic carbocycles. The number of carboxylic acids is 1. The van der Waals surface area contributed by atoms with Crippen molar-refractivity contribution in [2.24, 2.45) is 5.92 Å². The molecule has 122 valence electrons. The number of rotatable bonds is 10. The summed E-state index contributed by atoms with van der Waals surface area (Å²) in [6.45, 7) is 2.95. The number of hydrogen-bond acceptors (Lipinski definition) is 4. The molecule has 0 aromatic heterocycles. The molecule has 0 aromatic rings. The third-order valence-corrected chi connectivity index (χ3v) is 4.44. The minimum atomic E-state index is -0.983. The number of thioether (sulfide) groups is 1. The molecule has 2 unspecified atom stereocenters. The van der Waals surface area contributed by atoms with Crippen LogP contribution in [0, 0.1) is 5.92 Å². The molecular formula is C14H26N2O4S. The van der Waals surface area contributed by atoms with Crippen LogP contribution in [0.2, 0.25) is 0 Å². The number of nitrogens with zero attached hydrogens (tertiary/aromatic N) is 1. The molecule has 1 aliphatic rings. The maximum absolute atomic E-state index is 12.4. The minimum absolute atomic E-state index is 0.121. The molecule has 21 heavy (non-hydrogen) atoms. The van der Waals surface area contributed by atoms with Gasteiger partial charge in [0, 0.05) is 19.7 Å². The molecule has 1 rings (SSSR count). The smallest absolute Gasteiger partial charge is 0.326 e. The lowest BCUT2D eigenvalue weighted by Gasteiger charge is -2.30. The highest BCUT2D eigenvalue weighted by atomic mass is 32.2. The largest absolute Gasteiger partial charge is 0.480 e. The van der Waals surface area contributed by atoms with Gasteiger partial charge in [0.25, 0.3) is 0 Å². The van der Waals surface area contributed by atoms with Crippen LogP contribution in [0.25, 0.3) is 0 Å². The van der Waals surface area contributed by atoms with Gasteiger partial charge in [0.2, 0.25) is 0 Å². The molecule has 0 aliphatic heterocycles. The van der Waals surface area contributed by atoms with Gasteiger partial charge in [-0.1, -0.05) is 0 Å². The van der Waals surface area contributed by atoms with Crippen molar-refractivity contribution < 1.29 is 19.4 Å². The summed E-state index contributed by atoms with van der Waals surface area (Å²) >= 11 is 1.57. The van der Waals surface area contributed by atoms with Crippen LogP contribution in [0.5, 0.6) is 0 Å².